The smallest absolute Gasteiger partial charge is 0.213 e. The zero-order valence-corrected chi connectivity index (χ0v) is 15.4. The Labute approximate surface area is 162 Å². The largest absolute Gasteiger partial charge is 0.439 e. The van der Waals surface area contributed by atoms with Gasteiger partial charge in [-0.3, -0.25) is 9.79 Å². The van der Waals surface area contributed by atoms with E-state index >= 15 is 0 Å². The van der Waals surface area contributed by atoms with Gasteiger partial charge in [0, 0.05) is 6.21 Å². The van der Waals surface area contributed by atoms with Crippen LogP contribution in [0.2, 0.25) is 0 Å². The van der Waals surface area contributed by atoms with E-state index in [1.807, 2.05) is 72.5 Å². The van der Waals surface area contributed by atoms with Crippen LogP contribution in [0.3, 0.4) is 0 Å². The number of fused-ring (bicyclic) bond motifs is 3. The van der Waals surface area contributed by atoms with Crippen molar-refractivity contribution in [1.82, 2.24) is 0 Å². The van der Waals surface area contributed by atoms with Crippen LogP contribution in [0.5, 0.6) is 0 Å². The third kappa shape index (κ3) is 2.70. The van der Waals surface area contributed by atoms with E-state index < -0.39 is 0 Å². The Bertz CT molecular complexity index is 1270. The molecule has 0 N–H and O–H groups in total. The van der Waals surface area contributed by atoms with Crippen LogP contribution in [0.1, 0.15) is 16.7 Å². The van der Waals surface area contributed by atoms with Gasteiger partial charge in [0.05, 0.1) is 23.3 Å². The highest BCUT2D eigenvalue weighted by Crippen LogP contribution is 2.39. The molecule has 0 saturated heterocycles. The van der Waals surface area contributed by atoms with Crippen molar-refractivity contribution in [2.75, 3.05) is 4.90 Å². The molecule has 5 rings (SSSR count). The highest BCUT2D eigenvalue weighted by atomic mass is 16.4. The molecule has 4 nitrogen and oxygen atoms in total. The fourth-order valence-electron chi connectivity index (χ4n) is 3.59. The predicted octanol–water partition coefficient (Wildman–Crippen LogP) is 5.50. The maximum absolute atomic E-state index is 13.2. The molecule has 0 amide bonds. The van der Waals surface area contributed by atoms with E-state index in [9.17, 15) is 4.79 Å². The lowest BCUT2D eigenvalue weighted by Crippen LogP contribution is -2.21. The second kappa shape index (κ2) is 6.50. The molecule has 0 radical (unpaired) electrons. The summed E-state index contributed by atoms with van der Waals surface area (Å²) in [4.78, 5) is 19.9. The van der Waals surface area contributed by atoms with E-state index in [0.29, 0.717) is 29.0 Å². The molecule has 0 saturated carbocycles. The molecule has 1 aliphatic rings. The SMILES string of the molecule is Cc1ccc2oc3c(c(=O)c2c1)C=Nc1ccccc1N3Cc1ccccc1. The molecule has 1 aliphatic heterocycles. The number of para-hydroxylation sites is 2. The topological polar surface area (TPSA) is 45.8 Å². The van der Waals surface area contributed by atoms with E-state index in [0.717, 1.165) is 22.5 Å². The van der Waals surface area contributed by atoms with Gasteiger partial charge < -0.3 is 9.32 Å². The number of anilines is 2. The number of rotatable bonds is 2. The summed E-state index contributed by atoms with van der Waals surface area (Å²) in [5, 5.41) is 0.579. The van der Waals surface area contributed by atoms with Crippen LogP contribution < -0.4 is 10.3 Å². The molecule has 28 heavy (non-hydrogen) atoms. The first-order chi connectivity index (χ1) is 13.7. The average molecular weight is 366 g/mol. The fraction of sp³-hybridized carbons (Fsp3) is 0.0833. The predicted molar refractivity (Wildman–Crippen MR) is 113 cm³/mol. The molecule has 0 fully saturated rings. The van der Waals surface area contributed by atoms with E-state index in [4.69, 9.17) is 4.42 Å². The van der Waals surface area contributed by atoms with E-state index in [-0.39, 0.29) is 5.43 Å². The van der Waals surface area contributed by atoms with Crippen molar-refractivity contribution in [3.05, 3.63) is 99.7 Å². The summed E-state index contributed by atoms with van der Waals surface area (Å²) in [6.07, 6.45) is 1.63. The molecular formula is C24H18N2O2. The first kappa shape index (κ1) is 16.5. The first-order valence-corrected chi connectivity index (χ1v) is 9.23. The van der Waals surface area contributed by atoms with Gasteiger partial charge in [0.15, 0.2) is 0 Å². The first-order valence-electron chi connectivity index (χ1n) is 9.23. The van der Waals surface area contributed by atoms with Gasteiger partial charge in [-0.1, -0.05) is 54.1 Å². The summed E-state index contributed by atoms with van der Waals surface area (Å²) in [7, 11) is 0. The molecule has 4 heteroatoms. The van der Waals surface area contributed by atoms with Gasteiger partial charge in [-0.2, -0.15) is 0 Å². The monoisotopic (exact) mass is 366 g/mol. The molecule has 2 heterocycles. The number of aryl methyl sites for hydroxylation is 1. The summed E-state index contributed by atoms with van der Waals surface area (Å²) < 4.78 is 6.28. The highest BCUT2D eigenvalue weighted by Gasteiger charge is 2.24. The van der Waals surface area contributed by atoms with Gasteiger partial charge in [-0.05, 0) is 36.8 Å². The zero-order valence-electron chi connectivity index (χ0n) is 15.4. The van der Waals surface area contributed by atoms with E-state index in [1.54, 1.807) is 6.21 Å². The van der Waals surface area contributed by atoms with Crippen molar-refractivity contribution in [3.63, 3.8) is 0 Å². The summed E-state index contributed by atoms with van der Waals surface area (Å²) in [5.74, 6) is 0.527. The summed E-state index contributed by atoms with van der Waals surface area (Å²) in [6.45, 7) is 2.55. The highest BCUT2D eigenvalue weighted by molar-refractivity contribution is 5.97. The number of aliphatic imine (C=N–C) groups is 1. The molecule has 0 unspecified atom stereocenters. The maximum Gasteiger partial charge on any atom is 0.213 e. The van der Waals surface area contributed by atoms with Crippen LogP contribution in [0.15, 0.2) is 87.0 Å². The standard InChI is InChI=1S/C24H18N2O2/c1-16-11-12-22-18(13-16)23(27)19-14-25-20-9-5-6-10-21(20)26(24(19)28-22)15-17-7-3-2-4-8-17/h2-14H,15H2,1H3. The van der Waals surface area contributed by atoms with Crippen LogP contribution in [0.25, 0.3) is 11.0 Å². The van der Waals surface area contributed by atoms with Crippen molar-refractivity contribution in [1.29, 1.82) is 0 Å². The maximum atomic E-state index is 13.2. The van der Waals surface area contributed by atoms with Crippen molar-refractivity contribution in [2.24, 2.45) is 4.99 Å². The van der Waals surface area contributed by atoms with Gasteiger partial charge in [0.25, 0.3) is 0 Å². The third-order valence-corrected chi connectivity index (χ3v) is 5.00. The Kier molecular flexibility index (Phi) is 3.83. The molecular weight excluding hydrogens is 348 g/mol. The summed E-state index contributed by atoms with van der Waals surface area (Å²) in [6, 6.07) is 23.7. The molecule has 0 aliphatic carbocycles. The molecule has 0 bridgehead atoms. The Hall–Kier alpha value is -3.66. The van der Waals surface area contributed by atoms with Crippen LogP contribution in [0, 0.1) is 6.92 Å². The fourth-order valence-corrected chi connectivity index (χ4v) is 3.59. The lowest BCUT2D eigenvalue weighted by Gasteiger charge is -2.24. The quantitative estimate of drug-likeness (QED) is 0.470. The molecule has 1 aromatic heterocycles. The van der Waals surface area contributed by atoms with E-state index in [1.165, 1.54) is 0 Å². The number of nitrogens with zero attached hydrogens (tertiary/aromatic N) is 2. The second-order valence-electron chi connectivity index (χ2n) is 6.97. The van der Waals surface area contributed by atoms with Crippen molar-refractivity contribution in [3.8, 4) is 0 Å². The zero-order chi connectivity index (χ0) is 19.1. The van der Waals surface area contributed by atoms with Crippen LogP contribution in [-0.4, -0.2) is 6.21 Å². The summed E-state index contributed by atoms with van der Waals surface area (Å²) >= 11 is 0. The minimum atomic E-state index is -0.0606. The van der Waals surface area contributed by atoms with Crippen molar-refractivity contribution < 1.29 is 4.42 Å². The van der Waals surface area contributed by atoms with Gasteiger partial charge >= 0.3 is 0 Å². The van der Waals surface area contributed by atoms with Gasteiger partial charge in [-0.15, -0.1) is 0 Å². The van der Waals surface area contributed by atoms with Gasteiger partial charge in [-0.25, -0.2) is 0 Å². The molecule has 4 aromatic rings. The van der Waals surface area contributed by atoms with Gasteiger partial charge in [0.2, 0.25) is 11.3 Å². The third-order valence-electron chi connectivity index (χ3n) is 5.00. The number of benzene rings is 3. The number of hydrogen-bond donors (Lipinski definition) is 0. The van der Waals surface area contributed by atoms with Crippen LogP contribution >= 0.6 is 0 Å². The lowest BCUT2D eigenvalue weighted by atomic mass is 10.1. The van der Waals surface area contributed by atoms with E-state index in [2.05, 4.69) is 17.1 Å². The lowest BCUT2D eigenvalue weighted by molar-refractivity contribution is 0.592. The van der Waals surface area contributed by atoms with Crippen molar-refractivity contribution in [2.45, 2.75) is 13.5 Å². The number of hydrogen-bond acceptors (Lipinski definition) is 4. The Morgan fingerprint density at radius 1 is 0.964 bits per heavy atom. The molecule has 0 atom stereocenters. The van der Waals surface area contributed by atoms with Crippen molar-refractivity contribution >= 4 is 34.4 Å². The Morgan fingerprint density at radius 3 is 2.61 bits per heavy atom. The average Bonchev–Trinajstić information content (AvgIpc) is 2.87. The van der Waals surface area contributed by atoms with Crippen LogP contribution in [-0.2, 0) is 6.54 Å². The summed E-state index contributed by atoms with van der Waals surface area (Å²) in [5.41, 5.74) is 4.87. The second-order valence-corrected chi connectivity index (χ2v) is 6.97. The molecule has 136 valence electrons. The minimum Gasteiger partial charge on any atom is -0.439 e. The van der Waals surface area contributed by atoms with Crippen LogP contribution in [0.4, 0.5) is 17.3 Å². The Balaban J connectivity index is 1.79. The minimum absolute atomic E-state index is 0.0606. The molecule has 3 aromatic carbocycles. The Morgan fingerprint density at radius 2 is 1.75 bits per heavy atom. The van der Waals surface area contributed by atoms with Gasteiger partial charge in [0.1, 0.15) is 11.1 Å². The molecule has 0 spiro atoms. The normalized spacial score (nSPS) is 12.5.